The molecule has 0 aliphatic heterocycles. The Kier molecular flexibility index (Phi) is 2.45. The van der Waals surface area contributed by atoms with Gasteiger partial charge in [0, 0.05) is 0 Å². The summed E-state index contributed by atoms with van der Waals surface area (Å²) in [5, 5.41) is 9.33. The van der Waals surface area contributed by atoms with Gasteiger partial charge in [-0.15, -0.1) is 0 Å². The Morgan fingerprint density at radius 3 is 2.47 bits per heavy atom. The zero-order valence-electron chi connectivity index (χ0n) is 9.56. The summed E-state index contributed by atoms with van der Waals surface area (Å²) < 4.78 is 0. The molecule has 0 saturated carbocycles. The van der Waals surface area contributed by atoms with Gasteiger partial charge < -0.3 is 5.11 Å². The lowest BCUT2D eigenvalue weighted by molar-refractivity contribution is 0.475. The van der Waals surface area contributed by atoms with Gasteiger partial charge in [0.05, 0.1) is 0 Å². The van der Waals surface area contributed by atoms with Crippen LogP contribution in [0.25, 0.3) is 5.57 Å². The van der Waals surface area contributed by atoms with Crippen LogP contribution < -0.4 is 0 Å². The molecule has 0 atom stereocenters. The summed E-state index contributed by atoms with van der Waals surface area (Å²) in [5.74, 6) is 0.318. The Labute approximate surface area is 101 Å². The molecule has 84 valence electrons. The molecule has 2 aromatic carbocycles. The molecule has 2 aromatic rings. The Morgan fingerprint density at radius 1 is 0.882 bits per heavy atom. The number of hydrogen-bond donors (Lipinski definition) is 1. The van der Waals surface area contributed by atoms with Crippen molar-refractivity contribution in [2.24, 2.45) is 0 Å². The molecular weight excluding hydrogens is 208 g/mol. The van der Waals surface area contributed by atoms with Crippen LogP contribution in [0.5, 0.6) is 5.75 Å². The lowest BCUT2D eigenvalue weighted by atomic mass is 9.87. The maximum atomic E-state index is 9.33. The molecule has 0 heterocycles. The fourth-order valence-electron chi connectivity index (χ4n) is 2.40. The summed E-state index contributed by atoms with van der Waals surface area (Å²) in [6.45, 7) is 0. The minimum absolute atomic E-state index is 0.318. The van der Waals surface area contributed by atoms with Crippen molar-refractivity contribution in [3.63, 3.8) is 0 Å². The highest BCUT2D eigenvalue weighted by Gasteiger charge is 2.12. The summed E-state index contributed by atoms with van der Waals surface area (Å²) in [6.07, 6.45) is 4.50. The number of allylic oxidation sites excluding steroid dienone is 1. The lowest BCUT2D eigenvalue weighted by Crippen LogP contribution is -2.00. The van der Waals surface area contributed by atoms with Crippen molar-refractivity contribution in [2.75, 3.05) is 0 Å². The highest BCUT2D eigenvalue weighted by Crippen LogP contribution is 2.31. The van der Waals surface area contributed by atoms with Gasteiger partial charge in [-0.2, -0.15) is 0 Å². The number of hydrogen-bond acceptors (Lipinski definition) is 1. The number of benzene rings is 2. The van der Waals surface area contributed by atoms with E-state index in [2.05, 4.69) is 30.3 Å². The maximum Gasteiger partial charge on any atom is 0.115 e. The molecule has 0 radical (unpaired) electrons. The molecule has 0 aromatic heterocycles. The molecule has 17 heavy (non-hydrogen) atoms. The van der Waals surface area contributed by atoms with E-state index in [-0.39, 0.29) is 0 Å². The van der Waals surface area contributed by atoms with Gasteiger partial charge in [0.2, 0.25) is 0 Å². The minimum atomic E-state index is 0.318. The number of phenolic OH excluding ortho intramolecular Hbond substituents is 1. The first-order valence-electron chi connectivity index (χ1n) is 5.92. The van der Waals surface area contributed by atoms with Crippen LogP contribution in [0, 0.1) is 0 Å². The molecule has 0 fully saturated rings. The molecule has 0 unspecified atom stereocenters. The van der Waals surface area contributed by atoms with E-state index in [4.69, 9.17) is 0 Å². The van der Waals surface area contributed by atoms with Crippen LogP contribution in [0.1, 0.15) is 23.1 Å². The van der Waals surface area contributed by atoms with Crippen LogP contribution in [-0.2, 0) is 6.42 Å². The molecule has 3 rings (SSSR count). The van der Waals surface area contributed by atoms with Crippen molar-refractivity contribution >= 4 is 5.57 Å². The average Bonchev–Trinajstić information content (AvgIpc) is 2.39. The zero-order chi connectivity index (χ0) is 11.7. The topological polar surface area (TPSA) is 20.2 Å². The third kappa shape index (κ3) is 1.84. The van der Waals surface area contributed by atoms with Crippen molar-refractivity contribution in [1.82, 2.24) is 0 Å². The SMILES string of the molecule is Oc1ccc(C2=CCCc3ccccc32)cc1. The normalized spacial score (nSPS) is 14.0. The molecule has 0 amide bonds. The third-order valence-corrected chi connectivity index (χ3v) is 3.25. The number of rotatable bonds is 1. The van der Waals surface area contributed by atoms with Crippen molar-refractivity contribution in [1.29, 1.82) is 0 Å². The largest absolute Gasteiger partial charge is 0.508 e. The summed E-state index contributed by atoms with van der Waals surface area (Å²) in [5.41, 5.74) is 5.20. The monoisotopic (exact) mass is 222 g/mol. The standard InChI is InChI=1S/C16H14O/c17-14-10-8-13(9-11-14)16-7-3-5-12-4-1-2-6-15(12)16/h1-2,4,6-11,17H,3,5H2. The smallest absolute Gasteiger partial charge is 0.115 e. The first-order chi connectivity index (χ1) is 8.34. The molecule has 0 spiro atoms. The molecule has 1 heteroatoms. The predicted octanol–water partition coefficient (Wildman–Crippen LogP) is 3.77. The lowest BCUT2D eigenvalue weighted by Gasteiger charge is -2.17. The van der Waals surface area contributed by atoms with Crippen molar-refractivity contribution in [3.05, 3.63) is 71.3 Å². The number of phenols is 1. The van der Waals surface area contributed by atoms with E-state index in [1.807, 2.05) is 12.1 Å². The Morgan fingerprint density at radius 2 is 1.65 bits per heavy atom. The summed E-state index contributed by atoms with van der Waals surface area (Å²) in [4.78, 5) is 0. The van der Waals surface area contributed by atoms with E-state index >= 15 is 0 Å². The van der Waals surface area contributed by atoms with Gasteiger partial charge in [-0.25, -0.2) is 0 Å². The van der Waals surface area contributed by atoms with Gasteiger partial charge in [-0.05, 0) is 47.2 Å². The second-order valence-corrected chi connectivity index (χ2v) is 4.36. The van der Waals surface area contributed by atoms with Gasteiger partial charge in [0.15, 0.2) is 0 Å². The Balaban J connectivity index is 2.09. The average molecular weight is 222 g/mol. The predicted molar refractivity (Wildman–Crippen MR) is 69.9 cm³/mol. The molecule has 0 bridgehead atoms. The van der Waals surface area contributed by atoms with E-state index in [1.165, 1.54) is 22.3 Å². The van der Waals surface area contributed by atoms with Gasteiger partial charge in [-0.1, -0.05) is 42.5 Å². The minimum Gasteiger partial charge on any atom is -0.508 e. The Hall–Kier alpha value is -2.02. The zero-order valence-corrected chi connectivity index (χ0v) is 9.56. The van der Waals surface area contributed by atoms with E-state index in [0.717, 1.165) is 12.8 Å². The summed E-state index contributed by atoms with van der Waals surface area (Å²) in [6, 6.07) is 16.0. The fourth-order valence-corrected chi connectivity index (χ4v) is 2.40. The van der Waals surface area contributed by atoms with E-state index in [9.17, 15) is 5.11 Å². The fraction of sp³-hybridized carbons (Fsp3) is 0.125. The van der Waals surface area contributed by atoms with Crippen LogP contribution in [-0.4, -0.2) is 5.11 Å². The second kappa shape index (κ2) is 4.10. The van der Waals surface area contributed by atoms with Crippen LogP contribution in [0.4, 0.5) is 0 Å². The maximum absolute atomic E-state index is 9.33. The van der Waals surface area contributed by atoms with Crippen molar-refractivity contribution in [2.45, 2.75) is 12.8 Å². The van der Waals surface area contributed by atoms with Gasteiger partial charge in [0.1, 0.15) is 5.75 Å². The van der Waals surface area contributed by atoms with Crippen molar-refractivity contribution < 1.29 is 5.11 Å². The number of fused-ring (bicyclic) bond motifs is 1. The van der Waals surface area contributed by atoms with Crippen LogP contribution in [0.2, 0.25) is 0 Å². The van der Waals surface area contributed by atoms with Crippen molar-refractivity contribution in [3.8, 4) is 5.75 Å². The Bertz CT molecular complexity index is 564. The van der Waals surface area contributed by atoms with Crippen LogP contribution in [0.3, 0.4) is 0 Å². The van der Waals surface area contributed by atoms with Crippen LogP contribution >= 0.6 is 0 Å². The van der Waals surface area contributed by atoms with Crippen LogP contribution in [0.15, 0.2) is 54.6 Å². The number of aryl methyl sites for hydroxylation is 1. The van der Waals surface area contributed by atoms with Gasteiger partial charge in [0.25, 0.3) is 0 Å². The highest BCUT2D eigenvalue weighted by molar-refractivity contribution is 5.82. The van der Waals surface area contributed by atoms with Gasteiger partial charge >= 0.3 is 0 Å². The first kappa shape index (κ1) is 10.2. The quantitative estimate of drug-likeness (QED) is 0.778. The van der Waals surface area contributed by atoms with E-state index in [1.54, 1.807) is 12.1 Å². The summed E-state index contributed by atoms with van der Waals surface area (Å²) in [7, 11) is 0. The van der Waals surface area contributed by atoms with Gasteiger partial charge in [-0.3, -0.25) is 0 Å². The molecule has 0 saturated heterocycles. The molecule has 1 nitrogen and oxygen atoms in total. The molecule has 1 N–H and O–H groups in total. The molecular formula is C16H14O. The second-order valence-electron chi connectivity index (χ2n) is 4.36. The molecule has 1 aliphatic rings. The highest BCUT2D eigenvalue weighted by atomic mass is 16.3. The third-order valence-electron chi connectivity index (χ3n) is 3.25. The molecule has 1 aliphatic carbocycles. The number of aromatic hydroxyl groups is 1. The van der Waals surface area contributed by atoms with E-state index in [0.29, 0.717) is 5.75 Å². The first-order valence-corrected chi connectivity index (χ1v) is 5.92. The summed E-state index contributed by atoms with van der Waals surface area (Å²) >= 11 is 0. The van der Waals surface area contributed by atoms with E-state index < -0.39 is 0 Å².